The molecule has 0 spiro atoms. The van der Waals surface area contributed by atoms with Gasteiger partial charge in [0.05, 0.1) is 17.2 Å². The first-order chi connectivity index (χ1) is 12.3. The van der Waals surface area contributed by atoms with Crippen molar-refractivity contribution in [1.82, 2.24) is 0 Å². The van der Waals surface area contributed by atoms with E-state index in [1.165, 1.54) is 11.0 Å². The molecule has 0 aromatic heterocycles. The Morgan fingerprint density at radius 2 is 1.85 bits per heavy atom. The number of hydrogen-bond donors (Lipinski definition) is 1. The van der Waals surface area contributed by atoms with Crippen LogP contribution in [0.1, 0.15) is 12.0 Å². The predicted octanol–water partition coefficient (Wildman–Crippen LogP) is 4.35. The molecule has 4 nitrogen and oxygen atoms in total. The second-order valence-corrected chi connectivity index (χ2v) is 6.35. The molecule has 1 N–H and O–H groups in total. The average molecular weight is 383 g/mol. The van der Waals surface area contributed by atoms with E-state index in [4.69, 9.17) is 11.6 Å². The summed E-state index contributed by atoms with van der Waals surface area (Å²) in [5, 5.41) is 2.20. The number of halogens is 4. The Balaban J connectivity index is 1.77. The van der Waals surface area contributed by atoms with Crippen LogP contribution in [0.5, 0.6) is 0 Å². The van der Waals surface area contributed by atoms with Crippen molar-refractivity contribution in [2.75, 3.05) is 16.8 Å². The van der Waals surface area contributed by atoms with Crippen molar-refractivity contribution in [3.8, 4) is 0 Å². The number of anilines is 2. The molecule has 2 amide bonds. The Bertz CT molecular complexity index is 840. The third-order valence-electron chi connectivity index (χ3n) is 4.11. The molecule has 0 saturated carbocycles. The average Bonchev–Trinajstić information content (AvgIpc) is 2.98. The van der Waals surface area contributed by atoms with Gasteiger partial charge in [-0.05, 0) is 30.3 Å². The Hall–Kier alpha value is -2.54. The fourth-order valence-corrected chi connectivity index (χ4v) is 3.01. The second kappa shape index (κ2) is 6.99. The number of para-hydroxylation sites is 1. The Morgan fingerprint density at radius 3 is 2.50 bits per heavy atom. The molecule has 8 heteroatoms. The third-order valence-corrected chi connectivity index (χ3v) is 4.34. The minimum atomic E-state index is -4.66. The van der Waals surface area contributed by atoms with Crippen molar-refractivity contribution in [2.45, 2.75) is 12.6 Å². The fourth-order valence-electron chi connectivity index (χ4n) is 2.84. The highest BCUT2D eigenvalue weighted by molar-refractivity contribution is 6.30. The van der Waals surface area contributed by atoms with E-state index in [0.29, 0.717) is 5.69 Å². The molecule has 1 heterocycles. The summed E-state index contributed by atoms with van der Waals surface area (Å²) in [5.74, 6) is -1.62. The Morgan fingerprint density at radius 1 is 1.15 bits per heavy atom. The van der Waals surface area contributed by atoms with Gasteiger partial charge in [-0.25, -0.2) is 0 Å². The van der Waals surface area contributed by atoms with E-state index in [1.54, 1.807) is 30.3 Å². The SMILES string of the molecule is O=C(Nc1ccc(Cl)cc1C(F)(F)F)[C@@H]1CC(=O)N(c2ccccc2)C1. The normalized spacial score (nSPS) is 17.5. The second-order valence-electron chi connectivity index (χ2n) is 5.92. The van der Waals surface area contributed by atoms with Crippen LogP contribution in [-0.2, 0) is 15.8 Å². The number of nitrogens with one attached hydrogen (secondary N) is 1. The lowest BCUT2D eigenvalue weighted by molar-refractivity contribution is -0.137. The summed E-state index contributed by atoms with van der Waals surface area (Å²) in [5.41, 5.74) is -0.754. The molecule has 26 heavy (non-hydrogen) atoms. The minimum Gasteiger partial charge on any atom is -0.325 e. The van der Waals surface area contributed by atoms with Crippen molar-refractivity contribution in [3.63, 3.8) is 0 Å². The van der Waals surface area contributed by atoms with Crippen LogP contribution in [0, 0.1) is 5.92 Å². The lowest BCUT2D eigenvalue weighted by Crippen LogP contribution is -2.28. The van der Waals surface area contributed by atoms with Crippen LogP contribution < -0.4 is 10.2 Å². The third kappa shape index (κ3) is 3.83. The standard InChI is InChI=1S/C18H14ClF3N2O2/c19-12-6-7-15(14(9-12)18(20,21)22)23-17(26)11-8-16(25)24(10-11)13-4-2-1-3-5-13/h1-7,9,11H,8,10H2,(H,23,26)/t11-/m1/s1. The number of alkyl halides is 3. The number of hydrogen-bond acceptors (Lipinski definition) is 2. The summed E-state index contributed by atoms with van der Waals surface area (Å²) >= 11 is 5.63. The maximum Gasteiger partial charge on any atom is 0.418 e. The first-order valence-electron chi connectivity index (χ1n) is 7.79. The number of nitrogens with zero attached hydrogens (tertiary/aromatic N) is 1. The minimum absolute atomic E-state index is 0.0599. The maximum atomic E-state index is 13.1. The molecule has 1 saturated heterocycles. The van der Waals surface area contributed by atoms with Gasteiger partial charge in [0, 0.05) is 23.7 Å². The molecular weight excluding hydrogens is 369 g/mol. The molecule has 1 aliphatic rings. The van der Waals surface area contributed by atoms with Crippen LogP contribution >= 0.6 is 11.6 Å². The summed E-state index contributed by atoms with van der Waals surface area (Å²) in [6, 6.07) is 11.9. The zero-order chi connectivity index (χ0) is 18.9. The largest absolute Gasteiger partial charge is 0.418 e. The summed E-state index contributed by atoms with van der Waals surface area (Å²) in [6.45, 7) is 0.115. The summed E-state index contributed by atoms with van der Waals surface area (Å²) in [6.07, 6.45) is -4.72. The molecule has 0 bridgehead atoms. The van der Waals surface area contributed by atoms with Gasteiger partial charge in [-0.2, -0.15) is 13.2 Å². The molecule has 0 aliphatic carbocycles. The Labute approximate surface area is 152 Å². The van der Waals surface area contributed by atoms with Crippen LogP contribution in [0.4, 0.5) is 24.5 Å². The zero-order valence-electron chi connectivity index (χ0n) is 13.4. The van der Waals surface area contributed by atoms with E-state index in [1.807, 2.05) is 0 Å². The number of amides is 2. The van der Waals surface area contributed by atoms with Crippen LogP contribution in [0.2, 0.25) is 5.02 Å². The van der Waals surface area contributed by atoms with Gasteiger partial charge in [0.25, 0.3) is 0 Å². The van der Waals surface area contributed by atoms with Gasteiger partial charge in [-0.15, -0.1) is 0 Å². The van der Waals surface area contributed by atoms with Gasteiger partial charge < -0.3 is 10.2 Å². The van der Waals surface area contributed by atoms with Gasteiger partial charge in [0.1, 0.15) is 0 Å². The molecular formula is C18H14ClF3N2O2. The van der Waals surface area contributed by atoms with Crippen molar-refractivity contribution < 1.29 is 22.8 Å². The molecule has 136 valence electrons. The summed E-state index contributed by atoms with van der Waals surface area (Å²) < 4.78 is 39.4. The van der Waals surface area contributed by atoms with Gasteiger partial charge in [-0.1, -0.05) is 29.8 Å². The summed E-state index contributed by atoms with van der Waals surface area (Å²) in [4.78, 5) is 26.0. The monoisotopic (exact) mass is 382 g/mol. The fraction of sp³-hybridized carbons (Fsp3) is 0.222. The van der Waals surface area contributed by atoms with Gasteiger partial charge >= 0.3 is 6.18 Å². The van der Waals surface area contributed by atoms with E-state index >= 15 is 0 Å². The zero-order valence-corrected chi connectivity index (χ0v) is 14.1. The lowest BCUT2D eigenvalue weighted by Gasteiger charge is -2.18. The van der Waals surface area contributed by atoms with E-state index < -0.39 is 23.6 Å². The summed E-state index contributed by atoms with van der Waals surface area (Å²) in [7, 11) is 0. The lowest BCUT2D eigenvalue weighted by atomic mass is 10.1. The van der Waals surface area contributed by atoms with Crippen molar-refractivity contribution >= 4 is 34.8 Å². The highest BCUT2D eigenvalue weighted by Gasteiger charge is 2.37. The van der Waals surface area contributed by atoms with Crippen LogP contribution in [-0.4, -0.2) is 18.4 Å². The van der Waals surface area contributed by atoms with E-state index in [2.05, 4.69) is 5.32 Å². The van der Waals surface area contributed by atoms with Gasteiger partial charge in [0.2, 0.25) is 11.8 Å². The number of carbonyl (C=O) groups excluding carboxylic acids is 2. The molecule has 3 rings (SSSR count). The maximum absolute atomic E-state index is 13.1. The highest BCUT2D eigenvalue weighted by atomic mass is 35.5. The molecule has 2 aromatic rings. The number of benzene rings is 2. The van der Waals surface area contributed by atoms with E-state index in [-0.39, 0.29) is 29.6 Å². The number of carbonyl (C=O) groups is 2. The van der Waals surface area contributed by atoms with Crippen LogP contribution in [0.15, 0.2) is 48.5 Å². The smallest absolute Gasteiger partial charge is 0.325 e. The van der Waals surface area contributed by atoms with Crippen LogP contribution in [0.25, 0.3) is 0 Å². The Kier molecular flexibility index (Phi) is 4.91. The van der Waals surface area contributed by atoms with Crippen LogP contribution in [0.3, 0.4) is 0 Å². The molecule has 0 radical (unpaired) electrons. The molecule has 2 aromatic carbocycles. The molecule has 1 atom stereocenters. The number of rotatable bonds is 3. The van der Waals surface area contributed by atoms with Crippen molar-refractivity contribution in [1.29, 1.82) is 0 Å². The van der Waals surface area contributed by atoms with E-state index in [9.17, 15) is 22.8 Å². The first kappa shape index (κ1) is 18.3. The van der Waals surface area contributed by atoms with Crippen molar-refractivity contribution in [2.24, 2.45) is 5.92 Å². The predicted molar refractivity (Wildman–Crippen MR) is 92.0 cm³/mol. The van der Waals surface area contributed by atoms with Gasteiger partial charge in [-0.3, -0.25) is 9.59 Å². The van der Waals surface area contributed by atoms with E-state index in [0.717, 1.165) is 12.1 Å². The molecule has 0 unspecified atom stereocenters. The molecule has 1 fully saturated rings. The van der Waals surface area contributed by atoms with Gasteiger partial charge in [0.15, 0.2) is 0 Å². The van der Waals surface area contributed by atoms with Crippen molar-refractivity contribution in [3.05, 3.63) is 59.1 Å². The highest BCUT2D eigenvalue weighted by Crippen LogP contribution is 2.37. The molecule has 1 aliphatic heterocycles. The quantitative estimate of drug-likeness (QED) is 0.858. The topological polar surface area (TPSA) is 49.4 Å². The first-order valence-corrected chi connectivity index (χ1v) is 8.16.